The van der Waals surface area contributed by atoms with Gasteiger partial charge in [0.1, 0.15) is 6.20 Å². The van der Waals surface area contributed by atoms with E-state index in [2.05, 4.69) is 39.6 Å². The first-order valence-electron chi connectivity index (χ1n) is 9.86. The first kappa shape index (κ1) is 19.6. The normalized spacial score (nSPS) is 14.7. The van der Waals surface area contributed by atoms with Crippen molar-refractivity contribution in [1.82, 2.24) is 9.47 Å². The molecule has 3 aromatic rings. The van der Waals surface area contributed by atoms with E-state index in [9.17, 15) is 9.59 Å². The maximum Gasteiger partial charge on any atom is 0.261 e. The molecule has 0 fully saturated rings. The van der Waals surface area contributed by atoms with E-state index in [0.717, 1.165) is 32.4 Å². The molecule has 2 aliphatic rings. The van der Waals surface area contributed by atoms with Gasteiger partial charge in [-0.05, 0) is 18.6 Å². The number of carbonyl (C=O) groups excluding carboxylic acids is 2. The van der Waals surface area contributed by atoms with Gasteiger partial charge in [0, 0.05) is 18.5 Å². The van der Waals surface area contributed by atoms with Crippen molar-refractivity contribution in [2.24, 2.45) is 0 Å². The molecule has 0 saturated carbocycles. The molecule has 0 atom stereocenters. The summed E-state index contributed by atoms with van der Waals surface area (Å²) in [5, 5.41) is 0. The van der Waals surface area contributed by atoms with Gasteiger partial charge in [0.15, 0.2) is 5.69 Å². The maximum atomic E-state index is 12.5. The third-order valence-electron chi connectivity index (χ3n) is 5.72. The van der Waals surface area contributed by atoms with E-state index in [1.54, 1.807) is 24.3 Å². The number of hydrogen-bond donors (Lipinski definition) is 0. The minimum absolute atomic E-state index is 0. The van der Waals surface area contributed by atoms with E-state index in [1.165, 1.54) is 22.0 Å². The molecule has 0 spiro atoms. The van der Waals surface area contributed by atoms with Crippen LogP contribution in [0.3, 0.4) is 0 Å². The Bertz CT molecular complexity index is 1040. The molecule has 1 aromatic heterocycles. The Kier molecular flexibility index (Phi) is 5.37. The molecular formula is C23H22BrN3O2. The Balaban J connectivity index is 0.00000205. The van der Waals surface area contributed by atoms with E-state index in [0.29, 0.717) is 17.7 Å². The van der Waals surface area contributed by atoms with Crippen LogP contribution in [-0.4, -0.2) is 27.8 Å². The number of aromatic nitrogens is 2. The molecule has 2 aromatic carbocycles. The van der Waals surface area contributed by atoms with Crippen LogP contribution in [0.5, 0.6) is 0 Å². The smallest absolute Gasteiger partial charge is 0.261 e. The van der Waals surface area contributed by atoms with Crippen molar-refractivity contribution < 1.29 is 31.1 Å². The first-order valence-corrected chi connectivity index (χ1v) is 9.86. The zero-order valence-electron chi connectivity index (χ0n) is 16.1. The number of rotatable bonds is 5. The third-order valence-corrected chi connectivity index (χ3v) is 5.72. The molecule has 0 radical (unpaired) electrons. The number of aryl methyl sites for hydroxylation is 1. The molecule has 29 heavy (non-hydrogen) atoms. The van der Waals surface area contributed by atoms with Crippen LogP contribution in [-0.2, 0) is 19.5 Å². The number of imidazole rings is 1. The summed E-state index contributed by atoms with van der Waals surface area (Å²) in [6.45, 7) is 2.30. The average molecular weight is 452 g/mol. The van der Waals surface area contributed by atoms with Gasteiger partial charge in [-0.1, -0.05) is 42.5 Å². The molecule has 0 unspecified atom stereocenters. The summed E-state index contributed by atoms with van der Waals surface area (Å²) in [5.41, 5.74) is 3.52. The highest BCUT2D eigenvalue weighted by Crippen LogP contribution is 2.25. The summed E-state index contributed by atoms with van der Waals surface area (Å²) in [4.78, 5) is 26.4. The lowest BCUT2D eigenvalue weighted by Gasteiger charge is -2.12. The fraction of sp³-hybridized carbons (Fsp3) is 0.261. The number of benzene rings is 2. The van der Waals surface area contributed by atoms with Gasteiger partial charge < -0.3 is 17.0 Å². The lowest BCUT2D eigenvalue weighted by atomic mass is 10.1. The average Bonchev–Trinajstić information content (AvgIpc) is 3.40. The molecule has 0 N–H and O–H groups in total. The van der Waals surface area contributed by atoms with Crippen LogP contribution < -0.4 is 21.5 Å². The van der Waals surface area contributed by atoms with Gasteiger partial charge in [-0.3, -0.25) is 14.5 Å². The van der Waals surface area contributed by atoms with E-state index < -0.39 is 0 Å². The van der Waals surface area contributed by atoms with Crippen LogP contribution in [0.4, 0.5) is 0 Å². The van der Waals surface area contributed by atoms with Crippen molar-refractivity contribution in [3.8, 4) is 11.3 Å². The largest absolute Gasteiger partial charge is 1.00 e. The summed E-state index contributed by atoms with van der Waals surface area (Å²) in [6.07, 6.45) is 5.20. The van der Waals surface area contributed by atoms with Crippen molar-refractivity contribution in [3.05, 3.63) is 77.7 Å². The minimum Gasteiger partial charge on any atom is -1.00 e. The van der Waals surface area contributed by atoms with E-state index in [-0.39, 0.29) is 28.8 Å². The summed E-state index contributed by atoms with van der Waals surface area (Å²) in [6, 6.07) is 17.5. The highest BCUT2D eigenvalue weighted by Gasteiger charge is 2.35. The van der Waals surface area contributed by atoms with Crippen LogP contribution in [0.2, 0.25) is 0 Å². The van der Waals surface area contributed by atoms with Gasteiger partial charge >= 0.3 is 0 Å². The quantitative estimate of drug-likeness (QED) is 0.407. The van der Waals surface area contributed by atoms with Gasteiger partial charge in [0.05, 0.1) is 30.6 Å². The van der Waals surface area contributed by atoms with Crippen molar-refractivity contribution >= 4 is 11.8 Å². The summed E-state index contributed by atoms with van der Waals surface area (Å²) in [7, 11) is 0. The minimum atomic E-state index is -0.169. The highest BCUT2D eigenvalue weighted by atomic mass is 79.9. The molecule has 5 nitrogen and oxygen atoms in total. The van der Waals surface area contributed by atoms with E-state index >= 15 is 0 Å². The van der Waals surface area contributed by atoms with Crippen LogP contribution in [0.15, 0.2) is 60.8 Å². The molecule has 0 saturated heterocycles. The predicted octanol–water partition coefficient (Wildman–Crippen LogP) is 0.0791. The van der Waals surface area contributed by atoms with Crippen molar-refractivity contribution in [3.63, 3.8) is 0 Å². The second-order valence-corrected chi connectivity index (χ2v) is 7.41. The van der Waals surface area contributed by atoms with Crippen LogP contribution in [0, 0.1) is 0 Å². The molecule has 0 bridgehead atoms. The molecule has 148 valence electrons. The van der Waals surface area contributed by atoms with Gasteiger partial charge in [0.2, 0.25) is 0 Å². The number of imide groups is 1. The molecular weight excluding hydrogens is 430 g/mol. The highest BCUT2D eigenvalue weighted by molar-refractivity contribution is 6.21. The van der Waals surface area contributed by atoms with Crippen molar-refractivity contribution in [1.29, 1.82) is 0 Å². The Hall–Kier alpha value is -2.73. The predicted molar refractivity (Wildman–Crippen MR) is 105 cm³/mol. The third kappa shape index (κ3) is 3.31. The Morgan fingerprint density at radius 1 is 0.897 bits per heavy atom. The fourth-order valence-electron chi connectivity index (χ4n) is 4.38. The number of amides is 2. The second-order valence-electron chi connectivity index (χ2n) is 7.41. The molecule has 0 aliphatic carbocycles. The van der Waals surface area contributed by atoms with Gasteiger partial charge in [-0.25, -0.2) is 9.13 Å². The Morgan fingerprint density at radius 2 is 1.55 bits per heavy atom. The lowest BCUT2D eigenvalue weighted by Crippen LogP contribution is -3.00. The fourth-order valence-corrected chi connectivity index (χ4v) is 4.38. The Labute approximate surface area is 180 Å². The zero-order valence-corrected chi connectivity index (χ0v) is 17.6. The summed E-state index contributed by atoms with van der Waals surface area (Å²) in [5.74, 6) is 0.997. The van der Waals surface area contributed by atoms with Crippen molar-refractivity contribution in [2.75, 3.05) is 6.54 Å². The van der Waals surface area contributed by atoms with Crippen molar-refractivity contribution in [2.45, 2.75) is 32.4 Å². The van der Waals surface area contributed by atoms with E-state index in [1.807, 2.05) is 6.07 Å². The summed E-state index contributed by atoms with van der Waals surface area (Å²) < 4.78 is 4.70. The number of fused-ring (bicyclic) bond motifs is 2. The molecule has 2 aliphatic heterocycles. The van der Waals surface area contributed by atoms with Gasteiger partial charge in [-0.2, -0.15) is 0 Å². The van der Waals surface area contributed by atoms with Crippen LogP contribution >= 0.6 is 0 Å². The molecule has 6 heteroatoms. The maximum absolute atomic E-state index is 12.5. The Morgan fingerprint density at radius 3 is 2.24 bits per heavy atom. The number of hydrogen-bond acceptors (Lipinski definition) is 2. The van der Waals surface area contributed by atoms with Gasteiger partial charge in [-0.15, -0.1) is 0 Å². The lowest BCUT2D eigenvalue weighted by molar-refractivity contribution is -0.703. The SMILES string of the molecule is O=C1c2ccccc2C(=O)N1CCC[n+]1cc(-c2ccccc2)n2c1CCC2.[Br-]. The van der Waals surface area contributed by atoms with E-state index in [4.69, 9.17) is 0 Å². The van der Waals surface area contributed by atoms with Crippen LogP contribution in [0.1, 0.15) is 39.4 Å². The molecule has 5 rings (SSSR count). The number of nitrogens with zero attached hydrogens (tertiary/aromatic N) is 3. The summed E-state index contributed by atoms with van der Waals surface area (Å²) >= 11 is 0. The second kappa shape index (κ2) is 7.95. The molecule has 3 heterocycles. The molecule has 2 amide bonds. The number of halogens is 1. The first-order chi connectivity index (χ1) is 13.7. The topological polar surface area (TPSA) is 46.2 Å². The number of carbonyl (C=O) groups is 2. The van der Waals surface area contributed by atoms with Crippen LogP contribution in [0.25, 0.3) is 11.3 Å². The standard InChI is InChI=1S/C23H22N3O2.BrH/c27-22-18-10-4-5-11-19(18)23(28)26(22)15-7-13-24-16-20(17-8-2-1-3-9-17)25-14-6-12-21(24)25;/h1-5,8-11,16H,6-7,12-15H2;1H/q+1;/p-1. The zero-order chi connectivity index (χ0) is 19.1. The van der Waals surface area contributed by atoms with Gasteiger partial charge in [0.25, 0.3) is 17.6 Å². The monoisotopic (exact) mass is 451 g/mol.